The maximum Gasteiger partial charge on any atom is 0.219 e. The summed E-state index contributed by atoms with van der Waals surface area (Å²) in [6.45, 7) is 7.81. The Morgan fingerprint density at radius 3 is 3.00 bits per heavy atom. The van der Waals surface area contributed by atoms with Gasteiger partial charge in [0.2, 0.25) is 5.88 Å². The number of nitrogens with zero attached hydrogens (tertiary/aromatic N) is 3. The van der Waals surface area contributed by atoms with Crippen molar-refractivity contribution in [3.63, 3.8) is 0 Å². The molecule has 1 aromatic heterocycles. The lowest BCUT2D eigenvalue weighted by atomic mass is 10.0. The third-order valence-corrected chi connectivity index (χ3v) is 4.19. The van der Waals surface area contributed by atoms with Crippen molar-refractivity contribution in [3.05, 3.63) is 12.4 Å². The molecule has 1 aromatic rings. The first-order valence-corrected chi connectivity index (χ1v) is 7.85. The molecule has 1 fully saturated rings. The molecule has 0 spiro atoms. The second-order valence-electron chi connectivity index (χ2n) is 5.64. The third-order valence-electron chi connectivity index (χ3n) is 4.19. The van der Waals surface area contributed by atoms with Gasteiger partial charge in [0.1, 0.15) is 12.1 Å². The van der Waals surface area contributed by atoms with E-state index >= 15 is 0 Å². The lowest BCUT2D eigenvalue weighted by Crippen LogP contribution is -2.35. The second kappa shape index (κ2) is 7.87. The molecule has 1 aliphatic heterocycles. The lowest BCUT2D eigenvalue weighted by Gasteiger charge is -2.30. The van der Waals surface area contributed by atoms with E-state index in [-0.39, 0.29) is 0 Å². The van der Waals surface area contributed by atoms with Crippen LogP contribution in [0.4, 0.5) is 5.82 Å². The topological polar surface area (TPSA) is 38.2 Å². The molecule has 1 aliphatic rings. The average Bonchev–Trinajstić information content (AvgIpc) is 2.69. The Labute approximate surface area is 127 Å². The summed E-state index contributed by atoms with van der Waals surface area (Å²) in [7, 11) is 0. The lowest BCUT2D eigenvalue weighted by molar-refractivity contribution is 0.354. The van der Waals surface area contributed by atoms with Gasteiger partial charge in [0, 0.05) is 18.7 Å². The van der Waals surface area contributed by atoms with Gasteiger partial charge in [-0.1, -0.05) is 25.7 Å². The normalized spacial score (nSPS) is 22.1. The molecule has 0 aromatic carbocycles. The smallest absolute Gasteiger partial charge is 0.219 e. The zero-order chi connectivity index (χ0) is 15.1. The Morgan fingerprint density at radius 2 is 2.24 bits per heavy atom. The van der Waals surface area contributed by atoms with E-state index in [9.17, 15) is 0 Å². The summed E-state index contributed by atoms with van der Waals surface area (Å²) in [6.07, 6.45) is 6.65. The highest BCUT2D eigenvalue weighted by Gasteiger charge is 2.23. The molecule has 2 atom stereocenters. The predicted molar refractivity (Wildman–Crippen MR) is 85.4 cm³/mol. The number of rotatable bonds is 4. The predicted octanol–water partition coefficient (Wildman–Crippen LogP) is 3.28. The molecule has 0 aliphatic carbocycles. The molecule has 1 saturated heterocycles. The monoisotopic (exact) mass is 287 g/mol. The second-order valence-corrected chi connectivity index (χ2v) is 5.64. The molecule has 4 nitrogen and oxygen atoms in total. The first-order valence-electron chi connectivity index (χ1n) is 7.85. The molecule has 21 heavy (non-hydrogen) atoms. The van der Waals surface area contributed by atoms with Gasteiger partial charge in [0.25, 0.3) is 0 Å². The molecule has 114 valence electrons. The Kier molecular flexibility index (Phi) is 5.86. The van der Waals surface area contributed by atoms with Crippen LogP contribution in [0.1, 0.15) is 46.5 Å². The van der Waals surface area contributed by atoms with Crippen molar-refractivity contribution in [3.8, 4) is 17.7 Å². The van der Waals surface area contributed by atoms with Crippen molar-refractivity contribution in [2.75, 3.05) is 18.1 Å². The van der Waals surface area contributed by atoms with E-state index < -0.39 is 0 Å². The van der Waals surface area contributed by atoms with Crippen LogP contribution in [0.5, 0.6) is 5.88 Å². The van der Waals surface area contributed by atoms with Crippen LogP contribution in [-0.4, -0.2) is 29.2 Å². The van der Waals surface area contributed by atoms with Crippen molar-refractivity contribution in [1.29, 1.82) is 0 Å². The molecular formula is C17H25N3O. The summed E-state index contributed by atoms with van der Waals surface area (Å²) in [6, 6.07) is 2.45. The Bertz CT molecular complexity index is 506. The minimum absolute atomic E-state index is 0.375. The summed E-state index contributed by atoms with van der Waals surface area (Å²) in [5, 5.41) is 0. The Morgan fingerprint density at radius 1 is 1.38 bits per heavy atom. The molecule has 0 N–H and O–H groups in total. The zero-order valence-corrected chi connectivity index (χ0v) is 13.3. The minimum Gasteiger partial charge on any atom is -0.464 e. The summed E-state index contributed by atoms with van der Waals surface area (Å²) < 4.78 is 5.55. The number of anilines is 1. The van der Waals surface area contributed by atoms with Crippen LogP contribution in [0.25, 0.3) is 0 Å². The van der Waals surface area contributed by atoms with E-state index in [4.69, 9.17) is 4.74 Å². The van der Waals surface area contributed by atoms with Crippen molar-refractivity contribution in [1.82, 2.24) is 9.97 Å². The molecule has 0 amide bonds. The van der Waals surface area contributed by atoms with Gasteiger partial charge >= 0.3 is 0 Å². The van der Waals surface area contributed by atoms with Gasteiger partial charge in [0.15, 0.2) is 6.61 Å². The summed E-state index contributed by atoms with van der Waals surface area (Å²) in [5.41, 5.74) is 0. The minimum atomic E-state index is 0.375. The van der Waals surface area contributed by atoms with Crippen LogP contribution < -0.4 is 9.64 Å². The van der Waals surface area contributed by atoms with E-state index in [0.717, 1.165) is 18.3 Å². The van der Waals surface area contributed by atoms with E-state index in [0.29, 0.717) is 18.5 Å². The molecule has 2 unspecified atom stereocenters. The van der Waals surface area contributed by atoms with Crippen LogP contribution in [-0.2, 0) is 0 Å². The summed E-state index contributed by atoms with van der Waals surface area (Å²) >= 11 is 0. The van der Waals surface area contributed by atoms with Crippen LogP contribution in [0.3, 0.4) is 0 Å². The fourth-order valence-corrected chi connectivity index (χ4v) is 2.81. The maximum absolute atomic E-state index is 5.55. The van der Waals surface area contributed by atoms with Crippen molar-refractivity contribution in [2.45, 2.75) is 52.5 Å². The SMILES string of the molecule is CC#CCOc1cc(N2CC(CC)CCCC2C)ncn1. The van der Waals surface area contributed by atoms with Gasteiger partial charge in [-0.2, -0.15) is 0 Å². The summed E-state index contributed by atoms with van der Waals surface area (Å²) in [5.74, 6) is 8.02. The molecule has 2 rings (SSSR count). The summed E-state index contributed by atoms with van der Waals surface area (Å²) in [4.78, 5) is 11.0. The van der Waals surface area contributed by atoms with Crippen LogP contribution >= 0.6 is 0 Å². The molecule has 0 radical (unpaired) electrons. The fraction of sp³-hybridized carbons (Fsp3) is 0.647. The quantitative estimate of drug-likeness (QED) is 0.797. The van der Waals surface area contributed by atoms with Gasteiger partial charge in [-0.15, -0.1) is 5.92 Å². The molecule has 4 heteroatoms. The third kappa shape index (κ3) is 4.35. The highest BCUT2D eigenvalue weighted by atomic mass is 16.5. The van der Waals surface area contributed by atoms with E-state index in [1.54, 1.807) is 13.3 Å². The van der Waals surface area contributed by atoms with Crippen LogP contribution in [0, 0.1) is 17.8 Å². The number of aromatic nitrogens is 2. The first kappa shape index (κ1) is 15.6. The standard InChI is InChI=1S/C17H25N3O/c1-4-6-10-21-17-11-16(18-13-19-17)20-12-15(5-2)9-7-8-14(20)3/h11,13-15H,5,7-10,12H2,1-3H3. The van der Waals surface area contributed by atoms with E-state index in [2.05, 4.69) is 40.6 Å². The van der Waals surface area contributed by atoms with Crippen molar-refractivity contribution < 1.29 is 4.74 Å². The van der Waals surface area contributed by atoms with Crippen molar-refractivity contribution >= 4 is 5.82 Å². The fourth-order valence-electron chi connectivity index (χ4n) is 2.81. The largest absolute Gasteiger partial charge is 0.464 e. The van der Waals surface area contributed by atoms with Crippen molar-refractivity contribution in [2.24, 2.45) is 5.92 Å². The number of hydrogen-bond donors (Lipinski definition) is 0. The van der Waals surface area contributed by atoms with Gasteiger partial charge < -0.3 is 9.64 Å². The molecular weight excluding hydrogens is 262 g/mol. The van der Waals surface area contributed by atoms with Gasteiger partial charge in [-0.3, -0.25) is 0 Å². The van der Waals surface area contributed by atoms with Gasteiger partial charge in [0.05, 0.1) is 0 Å². The van der Waals surface area contributed by atoms with E-state index in [1.165, 1.54) is 25.7 Å². The molecule has 2 heterocycles. The number of ether oxygens (including phenoxy) is 1. The van der Waals surface area contributed by atoms with E-state index in [1.807, 2.05) is 6.07 Å². The maximum atomic E-state index is 5.55. The van der Waals surface area contributed by atoms with Crippen LogP contribution in [0.2, 0.25) is 0 Å². The highest BCUT2D eigenvalue weighted by molar-refractivity contribution is 5.42. The van der Waals surface area contributed by atoms with Gasteiger partial charge in [-0.25, -0.2) is 9.97 Å². The highest BCUT2D eigenvalue weighted by Crippen LogP contribution is 2.27. The zero-order valence-electron chi connectivity index (χ0n) is 13.3. The molecule has 0 saturated carbocycles. The first-order chi connectivity index (χ1) is 10.2. The molecule has 0 bridgehead atoms. The Hall–Kier alpha value is -1.76. The number of hydrogen-bond acceptors (Lipinski definition) is 4. The Balaban J connectivity index is 2.13. The van der Waals surface area contributed by atoms with Crippen LogP contribution in [0.15, 0.2) is 12.4 Å². The average molecular weight is 287 g/mol. The van der Waals surface area contributed by atoms with Gasteiger partial charge in [-0.05, 0) is 32.6 Å².